The molecule has 3 aromatic rings. The third kappa shape index (κ3) is 7.22. The first kappa shape index (κ1) is 26.4. The predicted molar refractivity (Wildman–Crippen MR) is 143 cm³/mol. The topological polar surface area (TPSA) is 91.9 Å². The van der Waals surface area contributed by atoms with E-state index in [1.165, 1.54) is 0 Å². The monoisotopic (exact) mass is 528 g/mol. The second-order valence-electron chi connectivity index (χ2n) is 10.6. The smallest absolute Gasteiger partial charge is 0.410 e. The van der Waals surface area contributed by atoms with E-state index in [-0.39, 0.29) is 18.3 Å². The Hall–Kier alpha value is -4.21. The minimum absolute atomic E-state index is 0.152. The molecule has 0 aliphatic carbocycles. The summed E-state index contributed by atoms with van der Waals surface area (Å²) in [7, 11) is 0. The molecule has 9 heteroatoms. The maximum Gasteiger partial charge on any atom is 0.410 e. The number of benzene rings is 1. The van der Waals surface area contributed by atoms with Crippen molar-refractivity contribution < 1.29 is 23.5 Å². The summed E-state index contributed by atoms with van der Waals surface area (Å²) in [6, 6.07) is 9.73. The van der Waals surface area contributed by atoms with E-state index >= 15 is 0 Å². The lowest BCUT2D eigenvalue weighted by atomic mass is 10.0. The summed E-state index contributed by atoms with van der Waals surface area (Å²) < 4.78 is 23.9. The van der Waals surface area contributed by atoms with E-state index in [9.17, 15) is 4.79 Å². The highest BCUT2D eigenvalue weighted by atomic mass is 16.7. The average Bonchev–Trinajstić information content (AvgIpc) is 3.53. The molecule has 2 aliphatic heterocycles. The molecule has 0 N–H and O–H groups in total. The van der Waals surface area contributed by atoms with Crippen LogP contribution in [0.15, 0.2) is 47.2 Å². The van der Waals surface area contributed by atoms with Crippen LogP contribution in [0.1, 0.15) is 57.1 Å². The zero-order valence-corrected chi connectivity index (χ0v) is 22.5. The minimum atomic E-state index is -0.490. The van der Waals surface area contributed by atoms with Crippen molar-refractivity contribution in [2.45, 2.75) is 58.5 Å². The summed E-state index contributed by atoms with van der Waals surface area (Å²) >= 11 is 0. The molecule has 2 fully saturated rings. The number of amides is 1. The second kappa shape index (κ2) is 11.7. The van der Waals surface area contributed by atoms with Crippen LogP contribution in [0.5, 0.6) is 0 Å². The Morgan fingerprint density at radius 1 is 1.15 bits per heavy atom. The predicted octanol–water partition coefficient (Wildman–Crippen LogP) is 4.66. The van der Waals surface area contributed by atoms with Crippen LogP contribution >= 0.6 is 0 Å². The van der Waals surface area contributed by atoms with Crippen molar-refractivity contribution in [1.82, 2.24) is 19.6 Å². The quantitative estimate of drug-likeness (QED) is 0.455. The summed E-state index contributed by atoms with van der Waals surface area (Å²) in [6.45, 7) is 7.95. The van der Waals surface area contributed by atoms with Gasteiger partial charge in [-0.15, -0.1) is 0 Å². The Bertz CT molecular complexity index is 1400. The number of nitrogens with zero attached hydrogens (tertiary/aromatic N) is 4. The number of hydrogen-bond acceptors (Lipinski definition) is 7. The fourth-order valence-electron chi connectivity index (χ4n) is 4.15. The van der Waals surface area contributed by atoms with Gasteiger partial charge in [-0.2, -0.15) is 0 Å². The molecule has 39 heavy (non-hydrogen) atoms. The summed E-state index contributed by atoms with van der Waals surface area (Å²) in [5, 5.41) is 4.21. The molecule has 202 valence electrons. The van der Waals surface area contributed by atoms with Gasteiger partial charge in [0.25, 0.3) is 0 Å². The van der Waals surface area contributed by atoms with Gasteiger partial charge in [0.05, 0.1) is 19.1 Å². The fourth-order valence-corrected chi connectivity index (χ4v) is 4.15. The van der Waals surface area contributed by atoms with Gasteiger partial charge < -0.3 is 28.2 Å². The third-order valence-corrected chi connectivity index (χ3v) is 6.22. The number of hydrogen-bond donors (Lipinski definition) is 0. The lowest BCUT2D eigenvalue weighted by Crippen LogP contribution is -2.51. The molecule has 0 radical (unpaired) electrons. The standard InChI is InChI=1S/C30H32N4O5/c1-30(2,3)38-29(35)34-19-23(20-34)8-7-22-9-11-24(12-10-22)26-18-25(32-39-26)21-33-15-14-31-27(33)13-17-37-28-6-4-5-16-36-28/h9-12,14-15,18,23,28H,4-6,16,19-21H2,1-3H3/t28-/m0/s1. The number of rotatable bonds is 4. The van der Waals surface area contributed by atoms with Crippen molar-refractivity contribution in [2.75, 3.05) is 19.7 Å². The van der Waals surface area contributed by atoms with E-state index in [0.29, 0.717) is 37.8 Å². The van der Waals surface area contributed by atoms with Crippen LogP contribution in [0.3, 0.4) is 0 Å². The summed E-state index contributed by atoms with van der Waals surface area (Å²) in [4.78, 5) is 18.0. The molecule has 1 aromatic carbocycles. The first-order valence-electron chi connectivity index (χ1n) is 13.2. The van der Waals surface area contributed by atoms with Crippen molar-refractivity contribution in [3.63, 3.8) is 0 Å². The molecular weight excluding hydrogens is 496 g/mol. The van der Waals surface area contributed by atoms with Crippen LogP contribution in [0.4, 0.5) is 4.79 Å². The zero-order chi connectivity index (χ0) is 27.2. The molecule has 5 rings (SSSR count). The number of likely N-dealkylation sites (tertiary alicyclic amines) is 1. The Balaban J connectivity index is 1.13. The van der Waals surface area contributed by atoms with Gasteiger partial charge in [-0.3, -0.25) is 0 Å². The number of ether oxygens (including phenoxy) is 3. The van der Waals surface area contributed by atoms with Gasteiger partial charge in [-0.25, -0.2) is 9.78 Å². The van der Waals surface area contributed by atoms with Crippen molar-refractivity contribution in [3.05, 3.63) is 59.8 Å². The lowest BCUT2D eigenvalue weighted by molar-refractivity contribution is -0.121. The minimum Gasteiger partial charge on any atom is -0.444 e. The molecule has 2 aromatic heterocycles. The highest BCUT2D eigenvalue weighted by Gasteiger charge is 2.32. The maximum atomic E-state index is 12.1. The van der Waals surface area contributed by atoms with Gasteiger partial charge in [0.2, 0.25) is 6.29 Å². The van der Waals surface area contributed by atoms with Crippen LogP contribution in [0.25, 0.3) is 11.3 Å². The van der Waals surface area contributed by atoms with E-state index in [4.69, 9.17) is 18.7 Å². The number of aromatic nitrogens is 3. The first-order chi connectivity index (χ1) is 18.8. The Labute approximate surface area is 228 Å². The molecule has 9 nitrogen and oxygen atoms in total. The highest BCUT2D eigenvalue weighted by Crippen LogP contribution is 2.22. The first-order valence-corrected chi connectivity index (χ1v) is 13.2. The average molecular weight is 529 g/mol. The lowest BCUT2D eigenvalue weighted by Gasteiger charge is -2.37. The Kier molecular flexibility index (Phi) is 7.90. The van der Waals surface area contributed by atoms with Crippen molar-refractivity contribution in [3.8, 4) is 35.2 Å². The van der Waals surface area contributed by atoms with Crippen molar-refractivity contribution >= 4 is 6.09 Å². The van der Waals surface area contributed by atoms with Crippen LogP contribution in [-0.2, 0) is 20.8 Å². The normalized spacial score (nSPS) is 17.3. The molecule has 4 heterocycles. The van der Waals surface area contributed by atoms with Gasteiger partial charge >= 0.3 is 6.09 Å². The summed E-state index contributed by atoms with van der Waals surface area (Å²) in [5.74, 6) is 10.8. The number of carbonyl (C=O) groups excluding carboxylic acids is 1. The molecule has 0 saturated carbocycles. The van der Waals surface area contributed by atoms with Crippen LogP contribution in [0.2, 0.25) is 0 Å². The van der Waals surface area contributed by atoms with E-state index in [0.717, 1.165) is 36.1 Å². The third-order valence-electron chi connectivity index (χ3n) is 6.22. The van der Waals surface area contributed by atoms with E-state index in [2.05, 4.69) is 34.0 Å². The Morgan fingerprint density at radius 3 is 2.72 bits per heavy atom. The van der Waals surface area contributed by atoms with E-state index in [1.807, 2.05) is 61.9 Å². The molecule has 0 spiro atoms. The maximum absolute atomic E-state index is 12.1. The molecule has 0 unspecified atom stereocenters. The van der Waals surface area contributed by atoms with Gasteiger partial charge in [0, 0.05) is 55.0 Å². The molecule has 2 aliphatic rings. The number of imidazole rings is 1. The van der Waals surface area contributed by atoms with Crippen molar-refractivity contribution in [2.24, 2.45) is 5.92 Å². The molecule has 2 saturated heterocycles. The molecule has 0 bridgehead atoms. The van der Waals surface area contributed by atoms with Crippen LogP contribution in [-0.4, -0.2) is 57.3 Å². The fraction of sp³-hybridized carbons (Fsp3) is 0.433. The molecule has 1 atom stereocenters. The zero-order valence-electron chi connectivity index (χ0n) is 22.5. The van der Waals surface area contributed by atoms with Gasteiger partial charge in [0.15, 0.2) is 11.6 Å². The van der Waals surface area contributed by atoms with E-state index in [1.54, 1.807) is 11.1 Å². The van der Waals surface area contributed by atoms with Gasteiger partial charge in [0.1, 0.15) is 17.4 Å². The Morgan fingerprint density at radius 2 is 1.97 bits per heavy atom. The summed E-state index contributed by atoms with van der Waals surface area (Å²) in [5.41, 5.74) is 2.07. The van der Waals surface area contributed by atoms with Gasteiger partial charge in [-0.05, 0) is 57.9 Å². The highest BCUT2D eigenvalue weighted by molar-refractivity contribution is 5.69. The number of carbonyl (C=O) groups is 1. The molecular formula is C30H32N4O5. The largest absolute Gasteiger partial charge is 0.444 e. The summed E-state index contributed by atoms with van der Waals surface area (Å²) in [6.07, 6.45) is 8.72. The van der Waals surface area contributed by atoms with Crippen LogP contribution < -0.4 is 0 Å². The van der Waals surface area contributed by atoms with Gasteiger partial charge in [-0.1, -0.05) is 17.0 Å². The SMILES string of the molecule is CC(C)(C)OC(=O)N1CC(C#Cc2ccc(-c3cc(Cn4ccnc4C#CO[C@H]4CCCCO4)no3)cc2)C1. The molecule has 1 amide bonds. The van der Waals surface area contributed by atoms with Crippen LogP contribution in [0, 0.1) is 29.8 Å². The van der Waals surface area contributed by atoms with E-state index < -0.39 is 5.60 Å². The second-order valence-corrected chi connectivity index (χ2v) is 10.6. The van der Waals surface area contributed by atoms with Crippen molar-refractivity contribution in [1.29, 1.82) is 0 Å².